The molecule has 0 saturated carbocycles. The molecule has 0 aliphatic rings. The number of nitrogens with two attached hydrogens (primary N) is 1. The maximum absolute atomic E-state index is 10.2. The Morgan fingerprint density at radius 2 is 2.11 bits per heavy atom. The van der Waals surface area contributed by atoms with E-state index in [9.17, 15) is 5.11 Å². The first kappa shape index (κ1) is 15.0. The van der Waals surface area contributed by atoms with Crippen molar-refractivity contribution in [2.24, 2.45) is 5.73 Å². The zero-order valence-electron chi connectivity index (χ0n) is 11.6. The monoisotopic (exact) mass is 251 g/mol. The Hall–Kier alpha value is -1.06. The Bertz CT molecular complexity index is 366. The number of aliphatic hydroxyl groups is 1. The first-order valence-electron chi connectivity index (χ1n) is 6.66. The van der Waals surface area contributed by atoms with Crippen LogP contribution in [0, 0.1) is 6.92 Å². The zero-order chi connectivity index (χ0) is 13.5. The van der Waals surface area contributed by atoms with Crippen LogP contribution in [0.4, 0.5) is 0 Å². The third kappa shape index (κ3) is 3.72. The molecule has 1 rings (SSSR count). The summed E-state index contributed by atoms with van der Waals surface area (Å²) < 4.78 is 5.32. The molecular formula is C15H25NO2. The second-order valence-corrected chi connectivity index (χ2v) is 4.78. The lowest BCUT2D eigenvalue weighted by molar-refractivity contribution is 0.133. The van der Waals surface area contributed by atoms with Crippen LogP contribution >= 0.6 is 0 Å². The fourth-order valence-electron chi connectivity index (χ4n) is 2.20. The molecule has 1 aromatic rings. The normalized spacial score (nSPS) is 14.3. The third-order valence-corrected chi connectivity index (χ3v) is 3.43. The van der Waals surface area contributed by atoms with Crippen LogP contribution in [0.5, 0.6) is 5.75 Å². The molecule has 102 valence electrons. The second kappa shape index (κ2) is 7.39. The molecule has 0 heterocycles. The summed E-state index contributed by atoms with van der Waals surface area (Å²) in [5.74, 6) is 0.847. The summed E-state index contributed by atoms with van der Waals surface area (Å²) in [7, 11) is 1.66. The van der Waals surface area contributed by atoms with Crippen molar-refractivity contribution in [2.45, 2.75) is 45.1 Å². The lowest BCUT2D eigenvalue weighted by Gasteiger charge is -2.22. The van der Waals surface area contributed by atoms with E-state index in [4.69, 9.17) is 10.5 Å². The third-order valence-electron chi connectivity index (χ3n) is 3.43. The maximum atomic E-state index is 10.2. The number of methoxy groups -OCH3 is 1. The Balaban J connectivity index is 2.87. The van der Waals surface area contributed by atoms with Crippen molar-refractivity contribution in [1.29, 1.82) is 0 Å². The number of benzene rings is 1. The van der Waals surface area contributed by atoms with Crippen LogP contribution in [0.25, 0.3) is 0 Å². The number of ether oxygens (including phenoxy) is 1. The van der Waals surface area contributed by atoms with Crippen molar-refractivity contribution in [1.82, 2.24) is 0 Å². The van der Waals surface area contributed by atoms with E-state index in [1.54, 1.807) is 7.11 Å². The van der Waals surface area contributed by atoms with E-state index in [1.165, 1.54) is 0 Å². The summed E-state index contributed by atoms with van der Waals surface area (Å²) in [6.07, 6.45) is 2.54. The number of unbranched alkanes of at least 4 members (excludes halogenated alkanes) is 1. The molecule has 1 aromatic carbocycles. The number of hydrogen-bond donors (Lipinski definition) is 2. The van der Waals surface area contributed by atoms with E-state index in [-0.39, 0.29) is 12.0 Å². The smallest absolute Gasteiger partial charge is 0.122 e. The van der Waals surface area contributed by atoms with Gasteiger partial charge in [0.2, 0.25) is 0 Å². The second-order valence-electron chi connectivity index (χ2n) is 4.78. The standard InChI is InChI=1S/C15H25NO2/c1-4-5-6-14(17)13(10-16)12-8-7-11(2)15(9-12)18-3/h7-9,13-14,17H,4-6,10,16H2,1-3H3. The fraction of sp³-hybridized carbons (Fsp3) is 0.600. The van der Waals surface area contributed by atoms with Gasteiger partial charge in [0.1, 0.15) is 5.75 Å². The summed E-state index contributed by atoms with van der Waals surface area (Å²) in [6, 6.07) is 6.04. The number of aliphatic hydroxyl groups excluding tert-OH is 1. The molecule has 3 nitrogen and oxygen atoms in total. The molecule has 0 spiro atoms. The summed E-state index contributed by atoms with van der Waals surface area (Å²) in [4.78, 5) is 0. The SMILES string of the molecule is CCCCC(O)C(CN)c1ccc(C)c(OC)c1. The number of aryl methyl sites for hydroxylation is 1. The van der Waals surface area contributed by atoms with Gasteiger partial charge >= 0.3 is 0 Å². The maximum Gasteiger partial charge on any atom is 0.122 e. The molecule has 3 N–H and O–H groups in total. The van der Waals surface area contributed by atoms with Crippen molar-refractivity contribution < 1.29 is 9.84 Å². The van der Waals surface area contributed by atoms with E-state index in [0.717, 1.165) is 36.1 Å². The van der Waals surface area contributed by atoms with Crippen molar-refractivity contribution in [3.8, 4) is 5.75 Å². The average Bonchev–Trinajstić information content (AvgIpc) is 2.39. The minimum absolute atomic E-state index is 0.00829. The van der Waals surface area contributed by atoms with E-state index >= 15 is 0 Å². The minimum atomic E-state index is -0.373. The first-order valence-corrected chi connectivity index (χ1v) is 6.66. The summed E-state index contributed by atoms with van der Waals surface area (Å²) in [5.41, 5.74) is 7.96. The van der Waals surface area contributed by atoms with Gasteiger partial charge in [0, 0.05) is 12.5 Å². The summed E-state index contributed by atoms with van der Waals surface area (Å²) in [6.45, 7) is 4.59. The van der Waals surface area contributed by atoms with Crippen molar-refractivity contribution in [3.05, 3.63) is 29.3 Å². The van der Waals surface area contributed by atoms with E-state index in [1.807, 2.05) is 25.1 Å². The van der Waals surface area contributed by atoms with Crippen LogP contribution in [0.1, 0.15) is 43.2 Å². The number of rotatable bonds is 7. The largest absolute Gasteiger partial charge is 0.496 e. The van der Waals surface area contributed by atoms with E-state index in [2.05, 4.69) is 6.92 Å². The molecule has 0 bridgehead atoms. The van der Waals surface area contributed by atoms with Gasteiger partial charge < -0.3 is 15.6 Å². The predicted octanol–water partition coefficient (Wildman–Crippen LogP) is 2.60. The van der Waals surface area contributed by atoms with E-state index < -0.39 is 0 Å². The van der Waals surface area contributed by atoms with Crippen molar-refractivity contribution in [2.75, 3.05) is 13.7 Å². The van der Waals surface area contributed by atoms with Gasteiger partial charge in [-0.1, -0.05) is 31.9 Å². The Morgan fingerprint density at radius 1 is 1.39 bits per heavy atom. The van der Waals surface area contributed by atoms with Crippen LogP contribution < -0.4 is 10.5 Å². The molecule has 0 fully saturated rings. The van der Waals surface area contributed by atoms with Crippen LogP contribution in [0.3, 0.4) is 0 Å². The zero-order valence-corrected chi connectivity index (χ0v) is 11.6. The molecule has 0 radical (unpaired) electrons. The highest BCUT2D eigenvalue weighted by atomic mass is 16.5. The molecule has 0 aliphatic heterocycles. The molecule has 0 aliphatic carbocycles. The highest BCUT2D eigenvalue weighted by Crippen LogP contribution is 2.27. The van der Waals surface area contributed by atoms with Crippen LogP contribution in [0.15, 0.2) is 18.2 Å². The predicted molar refractivity (Wildman–Crippen MR) is 75.1 cm³/mol. The van der Waals surface area contributed by atoms with E-state index in [0.29, 0.717) is 6.54 Å². The lowest BCUT2D eigenvalue weighted by Crippen LogP contribution is -2.26. The lowest BCUT2D eigenvalue weighted by atomic mass is 9.90. The molecule has 0 saturated heterocycles. The molecule has 18 heavy (non-hydrogen) atoms. The Labute approximate surface area is 110 Å². The average molecular weight is 251 g/mol. The van der Waals surface area contributed by atoms with Gasteiger partial charge in [-0.3, -0.25) is 0 Å². The highest BCUT2D eigenvalue weighted by molar-refractivity contribution is 5.38. The van der Waals surface area contributed by atoms with Gasteiger partial charge in [0.05, 0.1) is 13.2 Å². The summed E-state index contributed by atoms with van der Waals surface area (Å²) >= 11 is 0. The Morgan fingerprint density at radius 3 is 2.67 bits per heavy atom. The van der Waals surface area contributed by atoms with Crippen LogP contribution in [-0.4, -0.2) is 24.9 Å². The van der Waals surface area contributed by atoms with Crippen LogP contribution in [-0.2, 0) is 0 Å². The molecular weight excluding hydrogens is 226 g/mol. The molecule has 0 amide bonds. The topological polar surface area (TPSA) is 55.5 Å². The Kier molecular flexibility index (Phi) is 6.16. The molecule has 2 atom stereocenters. The van der Waals surface area contributed by atoms with Gasteiger partial charge in [0.15, 0.2) is 0 Å². The van der Waals surface area contributed by atoms with Gasteiger partial charge in [-0.25, -0.2) is 0 Å². The van der Waals surface area contributed by atoms with Crippen molar-refractivity contribution in [3.63, 3.8) is 0 Å². The minimum Gasteiger partial charge on any atom is -0.496 e. The van der Waals surface area contributed by atoms with Gasteiger partial charge in [-0.05, 0) is 30.5 Å². The molecule has 2 unspecified atom stereocenters. The fourth-order valence-corrected chi connectivity index (χ4v) is 2.20. The molecule has 3 heteroatoms. The van der Waals surface area contributed by atoms with Crippen LogP contribution in [0.2, 0.25) is 0 Å². The highest BCUT2D eigenvalue weighted by Gasteiger charge is 2.20. The first-order chi connectivity index (χ1) is 8.63. The van der Waals surface area contributed by atoms with Crippen molar-refractivity contribution >= 4 is 0 Å². The van der Waals surface area contributed by atoms with Gasteiger partial charge in [-0.2, -0.15) is 0 Å². The van der Waals surface area contributed by atoms with Gasteiger partial charge in [-0.15, -0.1) is 0 Å². The van der Waals surface area contributed by atoms with Gasteiger partial charge in [0.25, 0.3) is 0 Å². The number of hydrogen-bond acceptors (Lipinski definition) is 3. The quantitative estimate of drug-likeness (QED) is 0.783. The molecule has 0 aromatic heterocycles. The summed E-state index contributed by atoms with van der Waals surface area (Å²) in [5, 5.41) is 10.2.